The van der Waals surface area contributed by atoms with Crippen molar-refractivity contribution in [2.75, 3.05) is 27.3 Å². The van der Waals surface area contributed by atoms with Crippen LogP contribution in [0.4, 0.5) is 0 Å². The second kappa shape index (κ2) is 10.2. The van der Waals surface area contributed by atoms with E-state index in [0.29, 0.717) is 13.0 Å². The standard InChI is InChI=1S/C18H37NO3/c1-8-10-11-16(20)21-14-12-17(3,4)22-15-13-18(5,9-2)19(6)7/h8-15H2,1-7H3. The van der Waals surface area contributed by atoms with E-state index in [0.717, 1.165) is 38.7 Å². The first kappa shape index (κ1) is 21.4. The summed E-state index contributed by atoms with van der Waals surface area (Å²) in [6, 6.07) is 0. The number of carbonyl (C=O) groups is 1. The zero-order valence-electron chi connectivity index (χ0n) is 15.8. The van der Waals surface area contributed by atoms with Crippen molar-refractivity contribution in [2.24, 2.45) is 0 Å². The molecule has 0 fully saturated rings. The fourth-order valence-corrected chi connectivity index (χ4v) is 2.14. The number of rotatable bonds is 12. The maximum Gasteiger partial charge on any atom is 0.305 e. The van der Waals surface area contributed by atoms with Crippen LogP contribution in [0.1, 0.15) is 73.1 Å². The lowest BCUT2D eigenvalue weighted by Gasteiger charge is -2.37. The number of hydrogen-bond donors (Lipinski definition) is 0. The van der Waals surface area contributed by atoms with E-state index in [2.05, 4.69) is 53.6 Å². The van der Waals surface area contributed by atoms with Gasteiger partial charge in [-0.25, -0.2) is 0 Å². The van der Waals surface area contributed by atoms with Gasteiger partial charge in [0.15, 0.2) is 0 Å². The number of esters is 1. The molecule has 0 heterocycles. The van der Waals surface area contributed by atoms with Crippen molar-refractivity contribution in [3.63, 3.8) is 0 Å². The van der Waals surface area contributed by atoms with E-state index in [4.69, 9.17) is 9.47 Å². The summed E-state index contributed by atoms with van der Waals surface area (Å²) in [6.45, 7) is 11.8. The van der Waals surface area contributed by atoms with Crippen molar-refractivity contribution in [3.05, 3.63) is 0 Å². The van der Waals surface area contributed by atoms with Crippen LogP contribution in [0.25, 0.3) is 0 Å². The molecule has 0 aromatic heterocycles. The van der Waals surface area contributed by atoms with E-state index in [1.165, 1.54) is 0 Å². The molecule has 0 aliphatic carbocycles. The average Bonchev–Trinajstić information content (AvgIpc) is 2.44. The molecule has 0 aliphatic rings. The highest BCUT2D eigenvalue weighted by Crippen LogP contribution is 2.23. The van der Waals surface area contributed by atoms with Crippen molar-refractivity contribution >= 4 is 5.97 Å². The minimum atomic E-state index is -0.258. The van der Waals surface area contributed by atoms with Crippen molar-refractivity contribution in [3.8, 4) is 0 Å². The van der Waals surface area contributed by atoms with Gasteiger partial charge >= 0.3 is 5.97 Å². The number of ether oxygens (including phenoxy) is 2. The van der Waals surface area contributed by atoms with Gasteiger partial charge in [-0.05, 0) is 54.1 Å². The van der Waals surface area contributed by atoms with Gasteiger partial charge in [0.05, 0.1) is 12.2 Å². The smallest absolute Gasteiger partial charge is 0.305 e. The first-order chi connectivity index (χ1) is 10.2. The molecule has 0 aromatic rings. The normalized spacial score (nSPS) is 14.9. The highest BCUT2D eigenvalue weighted by Gasteiger charge is 2.26. The van der Waals surface area contributed by atoms with Crippen LogP contribution in [0.3, 0.4) is 0 Å². The van der Waals surface area contributed by atoms with Crippen LogP contribution in [0.5, 0.6) is 0 Å². The molecule has 22 heavy (non-hydrogen) atoms. The molecule has 132 valence electrons. The highest BCUT2D eigenvalue weighted by molar-refractivity contribution is 5.69. The minimum Gasteiger partial charge on any atom is -0.466 e. The molecule has 0 saturated heterocycles. The lowest BCUT2D eigenvalue weighted by molar-refractivity contribution is -0.145. The molecule has 1 atom stereocenters. The molecule has 4 heteroatoms. The third-order valence-electron chi connectivity index (χ3n) is 4.68. The Hall–Kier alpha value is -0.610. The Kier molecular flexibility index (Phi) is 9.94. The Bertz CT molecular complexity index is 315. The maximum absolute atomic E-state index is 11.5. The molecule has 4 nitrogen and oxygen atoms in total. The van der Waals surface area contributed by atoms with Crippen LogP contribution >= 0.6 is 0 Å². The summed E-state index contributed by atoms with van der Waals surface area (Å²) in [5, 5.41) is 0. The van der Waals surface area contributed by atoms with Gasteiger partial charge in [0.1, 0.15) is 0 Å². The number of hydrogen-bond acceptors (Lipinski definition) is 4. The minimum absolute atomic E-state index is 0.0937. The predicted molar refractivity (Wildman–Crippen MR) is 92.1 cm³/mol. The number of carbonyl (C=O) groups excluding carboxylic acids is 1. The van der Waals surface area contributed by atoms with Crippen LogP contribution in [-0.4, -0.2) is 49.3 Å². The lowest BCUT2D eigenvalue weighted by atomic mass is 9.93. The van der Waals surface area contributed by atoms with Gasteiger partial charge in [-0.3, -0.25) is 4.79 Å². The molecular formula is C18H37NO3. The molecule has 1 unspecified atom stereocenters. The Balaban J connectivity index is 4.02. The van der Waals surface area contributed by atoms with Gasteiger partial charge in [-0.15, -0.1) is 0 Å². The Morgan fingerprint density at radius 3 is 2.18 bits per heavy atom. The molecule has 0 aliphatic heterocycles. The maximum atomic E-state index is 11.5. The molecule has 0 amide bonds. The monoisotopic (exact) mass is 315 g/mol. The van der Waals surface area contributed by atoms with Gasteiger partial charge in [0.25, 0.3) is 0 Å². The molecule has 0 N–H and O–H groups in total. The fraction of sp³-hybridized carbons (Fsp3) is 0.944. The third kappa shape index (κ3) is 8.74. The third-order valence-corrected chi connectivity index (χ3v) is 4.68. The summed E-state index contributed by atoms with van der Waals surface area (Å²) >= 11 is 0. The summed E-state index contributed by atoms with van der Waals surface area (Å²) in [4.78, 5) is 13.7. The lowest BCUT2D eigenvalue weighted by Crippen LogP contribution is -2.42. The van der Waals surface area contributed by atoms with Crippen LogP contribution in [0.15, 0.2) is 0 Å². The topological polar surface area (TPSA) is 38.8 Å². The van der Waals surface area contributed by atoms with E-state index in [-0.39, 0.29) is 17.1 Å². The summed E-state index contributed by atoms with van der Waals surface area (Å²) in [5.74, 6) is -0.0937. The van der Waals surface area contributed by atoms with Gasteiger partial charge in [-0.1, -0.05) is 20.3 Å². The predicted octanol–water partition coefficient (Wildman–Crippen LogP) is 4.03. The summed E-state index contributed by atoms with van der Waals surface area (Å²) in [5.41, 5.74) is -0.0886. The largest absolute Gasteiger partial charge is 0.466 e. The summed E-state index contributed by atoms with van der Waals surface area (Å²) in [6.07, 6.45) is 5.27. The van der Waals surface area contributed by atoms with Gasteiger partial charge < -0.3 is 14.4 Å². The number of unbranched alkanes of at least 4 members (excludes halogenated alkanes) is 1. The van der Waals surface area contributed by atoms with E-state index in [1.807, 2.05) is 0 Å². The summed E-state index contributed by atoms with van der Waals surface area (Å²) in [7, 11) is 4.23. The molecule has 0 bridgehead atoms. The van der Waals surface area contributed by atoms with E-state index >= 15 is 0 Å². The van der Waals surface area contributed by atoms with E-state index < -0.39 is 0 Å². The van der Waals surface area contributed by atoms with Gasteiger partial charge in [0, 0.05) is 25.0 Å². The Morgan fingerprint density at radius 1 is 1.05 bits per heavy atom. The zero-order chi connectivity index (χ0) is 17.2. The van der Waals surface area contributed by atoms with Gasteiger partial charge in [-0.2, -0.15) is 0 Å². The van der Waals surface area contributed by atoms with Crippen LogP contribution in [0.2, 0.25) is 0 Å². The van der Waals surface area contributed by atoms with Crippen LogP contribution < -0.4 is 0 Å². The van der Waals surface area contributed by atoms with Crippen molar-refractivity contribution < 1.29 is 14.3 Å². The van der Waals surface area contributed by atoms with Crippen molar-refractivity contribution in [1.82, 2.24) is 4.90 Å². The van der Waals surface area contributed by atoms with E-state index in [1.54, 1.807) is 0 Å². The number of nitrogens with zero attached hydrogens (tertiary/aromatic N) is 1. The Labute approximate surface area is 137 Å². The quantitative estimate of drug-likeness (QED) is 0.510. The highest BCUT2D eigenvalue weighted by atomic mass is 16.5. The van der Waals surface area contributed by atoms with Crippen molar-refractivity contribution in [2.45, 2.75) is 84.3 Å². The fourth-order valence-electron chi connectivity index (χ4n) is 2.14. The Morgan fingerprint density at radius 2 is 1.68 bits per heavy atom. The van der Waals surface area contributed by atoms with Crippen LogP contribution in [-0.2, 0) is 14.3 Å². The van der Waals surface area contributed by atoms with Crippen LogP contribution in [0, 0.1) is 0 Å². The molecular weight excluding hydrogens is 278 g/mol. The summed E-state index contributed by atoms with van der Waals surface area (Å²) < 4.78 is 11.3. The molecule has 0 spiro atoms. The zero-order valence-corrected chi connectivity index (χ0v) is 15.8. The molecule has 0 rings (SSSR count). The molecule has 0 saturated carbocycles. The van der Waals surface area contributed by atoms with Crippen molar-refractivity contribution in [1.29, 1.82) is 0 Å². The average molecular weight is 315 g/mol. The second-order valence-corrected chi connectivity index (χ2v) is 7.18. The van der Waals surface area contributed by atoms with E-state index in [9.17, 15) is 4.79 Å². The van der Waals surface area contributed by atoms with Gasteiger partial charge in [0.2, 0.25) is 0 Å². The first-order valence-electron chi connectivity index (χ1n) is 8.64. The first-order valence-corrected chi connectivity index (χ1v) is 8.64. The SMILES string of the molecule is CCCCC(=O)OCCC(C)(C)OCCC(C)(CC)N(C)C. The molecule has 0 radical (unpaired) electrons. The molecule has 0 aromatic carbocycles. The second-order valence-electron chi connectivity index (χ2n) is 7.18.